The molecule has 3 rings (SSSR count). The number of benzene rings is 1. The first-order valence-corrected chi connectivity index (χ1v) is 12.0. The highest BCUT2D eigenvalue weighted by Crippen LogP contribution is 2.31. The zero-order chi connectivity index (χ0) is 23.7. The van der Waals surface area contributed by atoms with E-state index in [2.05, 4.69) is 20.6 Å². The highest BCUT2D eigenvalue weighted by atomic mass is 32.2. The average Bonchev–Trinajstić information content (AvgIpc) is 2.84. The van der Waals surface area contributed by atoms with Crippen molar-refractivity contribution < 1.29 is 27.5 Å². The molecule has 0 atom stereocenters. The number of aromatic nitrogens is 2. The van der Waals surface area contributed by atoms with Crippen LogP contribution in [0.5, 0.6) is 5.75 Å². The SMILES string of the molecule is COc1ccc(NC(=O)COC(=O)CCNc2ncccn2)cc1S(=O)(=O)N1CCCCC1. The van der Waals surface area contributed by atoms with E-state index in [1.54, 1.807) is 18.5 Å². The molecule has 1 fully saturated rings. The zero-order valence-corrected chi connectivity index (χ0v) is 19.1. The molecule has 1 aromatic heterocycles. The quantitative estimate of drug-likeness (QED) is 0.489. The number of rotatable bonds is 10. The van der Waals surface area contributed by atoms with Crippen molar-refractivity contribution in [3.63, 3.8) is 0 Å². The number of methoxy groups -OCH3 is 1. The molecule has 2 N–H and O–H groups in total. The molecule has 0 radical (unpaired) electrons. The predicted octanol–water partition coefficient (Wildman–Crippen LogP) is 1.64. The number of hydrogen-bond acceptors (Lipinski definition) is 9. The molecule has 178 valence electrons. The van der Waals surface area contributed by atoms with Crippen LogP contribution in [0.1, 0.15) is 25.7 Å². The van der Waals surface area contributed by atoms with Crippen LogP contribution in [0.25, 0.3) is 0 Å². The van der Waals surface area contributed by atoms with Gasteiger partial charge in [-0.1, -0.05) is 6.42 Å². The van der Waals surface area contributed by atoms with E-state index in [1.165, 1.54) is 29.6 Å². The van der Waals surface area contributed by atoms with E-state index in [0.29, 0.717) is 19.0 Å². The number of sulfonamides is 1. The zero-order valence-electron chi connectivity index (χ0n) is 18.3. The number of anilines is 2. The summed E-state index contributed by atoms with van der Waals surface area (Å²) < 4.78 is 37.8. The molecule has 1 aromatic carbocycles. The van der Waals surface area contributed by atoms with Gasteiger partial charge in [0.2, 0.25) is 16.0 Å². The molecular weight excluding hydrogens is 450 g/mol. The van der Waals surface area contributed by atoms with Crippen LogP contribution in [-0.4, -0.2) is 67.9 Å². The molecule has 33 heavy (non-hydrogen) atoms. The van der Waals surface area contributed by atoms with E-state index in [0.717, 1.165) is 19.3 Å². The van der Waals surface area contributed by atoms with Gasteiger partial charge in [-0.25, -0.2) is 18.4 Å². The molecule has 0 unspecified atom stereocenters. The van der Waals surface area contributed by atoms with E-state index in [1.807, 2.05) is 0 Å². The topological polar surface area (TPSA) is 140 Å². The molecule has 0 saturated carbocycles. The minimum atomic E-state index is -3.77. The molecule has 1 amide bonds. The van der Waals surface area contributed by atoms with Gasteiger partial charge in [-0.3, -0.25) is 9.59 Å². The number of nitrogens with zero attached hydrogens (tertiary/aromatic N) is 3. The van der Waals surface area contributed by atoms with Gasteiger partial charge < -0.3 is 20.1 Å². The Kier molecular flexibility index (Phi) is 8.55. The fourth-order valence-electron chi connectivity index (χ4n) is 3.28. The number of esters is 1. The molecule has 12 heteroatoms. The van der Waals surface area contributed by atoms with Crippen LogP contribution < -0.4 is 15.4 Å². The summed E-state index contributed by atoms with van der Waals surface area (Å²) in [7, 11) is -2.38. The summed E-state index contributed by atoms with van der Waals surface area (Å²) in [5.74, 6) is -0.580. The van der Waals surface area contributed by atoms with E-state index in [-0.39, 0.29) is 29.3 Å². The number of carbonyl (C=O) groups is 2. The molecule has 0 spiro atoms. The molecule has 1 aliphatic rings. The van der Waals surface area contributed by atoms with Crippen LogP contribution >= 0.6 is 0 Å². The lowest BCUT2D eigenvalue weighted by atomic mass is 10.2. The largest absolute Gasteiger partial charge is 0.495 e. The normalized spacial score (nSPS) is 14.3. The third kappa shape index (κ3) is 6.86. The number of nitrogens with one attached hydrogen (secondary N) is 2. The number of piperidine rings is 1. The Balaban J connectivity index is 1.54. The summed E-state index contributed by atoms with van der Waals surface area (Å²) >= 11 is 0. The lowest BCUT2D eigenvalue weighted by Gasteiger charge is -2.26. The van der Waals surface area contributed by atoms with Gasteiger partial charge in [0, 0.05) is 37.7 Å². The second kappa shape index (κ2) is 11.6. The summed E-state index contributed by atoms with van der Waals surface area (Å²) in [5.41, 5.74) is 0.260. The van der Waals surface area contributed by atoms with Gasteiger partial charge in [0.05, 0.1) is 13.5 Å². The van der Waals surface area contributed by atoms with Gasteiger partial charge in [0.1, 0.15) is 10.6 Å². The highest BCUT2D eigenvalue weighted by molar-refractivity contribution is 7.89. The minimum absolute atomic E-state index is 0.0177. The van der Waals surface area contributed by atoms with Crippen molar-refractivity contribution in [2.24, 2.45) is 0 Å². The minimum Gasteiger partial charge on any atom is -0.495 e. The molecular formula is C21H27N5O6S. The summed E-state index contributed by atoms with van der Waals surface area (Å²) in [6.45, 7) is 0.647. The fourth-order valence-corrected chi connectivity index (χ4v) is 4.98. The highest BCUT2D eigenvalue weighted by Gasteiger charge is 2.29. The molecule has 2 heterocycles. The first kappa shape index (κ1) is 24.4. The third-order valence-corrected chi connectivity index (χ3v) is 6.84. The van der Waals surface area contributed by atoms with Gasteiger partial charge in [-0.15, -0.1) is 0 Å². The first-order valence-electron chi connectivity index (χ1n) is 10.5. The van der Waals surface area contributed by atoms with Gasteiger partial charge in [-0.2, -0.15) is 4.31 Å². The Morgan fingerprint density at radius 3 is 2.55 bits per heavy atom. The lowest BCUT2D eigenvalue weighted by molar-refractivity contribution is -0.147. The van der Waals surface area contributed by atoms with Crippen molar-refractivity contribution >= 4 is 33.5 Å². The van der Waals surface area contributed by atoms with Crippen LogP contribution in [0.4, 0.5) is 11.6 Å². The fraction of sp³-hybridized carbons (Fsp3) is 0.429. The maximum Gasteiger partial charge on any atom is 0.308 e. The van der Waals surface area contributed by atoms with E-state index >= 15 is 0 Å². The van der Waals surface area contributed by atoms with Crippen LogP contribution in [0, 0.1) is 0 Å². The molecule has 0 bridgehead atoms. The summed E-state index contributed by atoms with van der Waals surface area (Å²) in [6, 6.07) is 6.03. The predicted molar refractivity (Wildman–Crippen MR) is 120 cm³/mol. The maximum atomic E-state index is 13.1. The van der Waals surface area contributed by atoms with Crippen LogP contribution in [0.3, 0.4) is 0 Å². The summed E-state index contributed by atoms with van der Waals surface area (Å²) in [4.78, 5) is 32.0. The van der Waals surface area contributed by atoms with Crippen molar-refractivity contribution in [1.29, 1.82) is 0 Å². The van der Waals surface area contributed by atoms with Crippen molar-refractivity contribution in [3.8, 4) is 5.75 Å². The van der Waals surface area contributed by atoms with E-state index in [9.17, 15) is 18.0 Å². The van der Waals surface area contributed by atoms with E-state index in [4.69, 9.17) is 9.47 Å². The Morgan fingerprint density at radius 2 is 1.85 bits per heavy atom. The number of ether oxygens (including phenoxy) is 2. The smallest absolute Gasteiger partial charge is 0.308 e. The van der Waals surface area contributed by atoms with Crippen molar-refractivity contribution in [1.82, 2.24) is 14.3 Å². The van der Waals surface area contributed by atoms with Gasteiger partial charge >= 0.3 is 5.97 Å². The Hall–Kier alpha value is -3.25. The summed E-state index contributed by atoms with van der Waals surface area (Å²) in [6.07, 6.45) is 5.76. The Bertz CT molecular complexity index is 1060. The van der Waals surface area contributed by atoms with Crippen molar-refractivity contribution in [3.05, 3.63) is 36.7 Å². The van der Waals surface area contributed by atoms with Crippen LogP contribution in [0.2, 0.25) is 0 Å². The van der Waals surface area contributed by atoms with Gasteiger partial charge in [0.15, 0.2) is 6.61 Å². The Morgan fingerprint density at radius 1 is 1.12 bits per heavy atom. The van der Waals surface area contributed by atoms with Crippen LogP contribution in [-0.2, 0) is 24.3 Å². The average molecular weight is 478 g/mol. The third-order valence-electron chi connectivity index (χ3n) is 4.92. The van der Waals surface area contributed by atoms with Gasteiger partial charge in [0.25, 0.3) is 5.91 Å². The van der Waals surface area contributed by atoms with Crippen molar-refractivity contribution in [2.45, 2.75) is 30.6 Å². The standard InChI is InChI=1S/C21H27N5O6S/c1-31-17-7-6-16(14-18(17)33(29,30)26-12-3-2-4-13-26)25-19(27)15-32-20(28)8-11-24-21-22-9-5-10-23-21/h5-7,9-10,14H,2-4,8,11-13,15H2,1H3,(H,25,27)(H,22,23,24). The molecule has 0 aliphatic carbocycles. The number of amides is 1. The number of carbonyl (C=O) groups excluding carboxylic acids is 2. The Labute approximate surface area is 192 Å². The second-order valence-electron chi connectivity index (χ2n) is 7.29. The van der Waals surface area contributed by atoms with Crippen molar-refractivity contribution in [2.75, 3.05) is 44.0 Å². The van der Waals surface area contributed by atoms with Gasteiger partial charge in [-0.05, 0) is 37.1 Å². The molecule has 11 nitrogen and oxygen atoms in total. The first-order chi connectivity index (χ1) is 15.9. The lowest BCUT2D eigenvalue weighted by Crippen LogP contribution is -2.35. The maximum absolute atomic E-state index is 13.1. The molecule has 2 aromatic rings. The second-order valence-corrected chi connectivity index (χ2v) is 9.19. The number of hydrogen-bond donors (Lipinski definition) is 2. The monoisotopic (exact) mass is 477 g/mol. The molecule has 1 aliphatic heterocycles. The molecule has 1 saturated heterocycles. The summed E-state index contributed by atoms with van der Waals surface area (Å²) in [5, 5.41) is 5.42. The van der Waals surface area contributed by atoms with Crippen LogP contribution in [0.15, 0.2) is 41.6 Å². The van der Waals surface area contributed by atoms with E-state index < -0.39 is 28.5 Å².